The number of aryl methyl sites for hydroxylation is 1. The molecule has 5 heteroatoms. The summed E-state index contributed by atoms with van der Waals surface area (Å²) in [5.41, 5.74) is 0.985. The van der Waals surface area contributed by atoms with Gasteiger partial charge in [-0.05, 0) is 38.3 Å². The fraction of sp³-hybridized carbons (Fsp3) is 0.692. The third-order valence-electron chi connectivity index (χ3n) is 2.34. The number of nitrogens with zero attached hydrogens (tertiary/aromatic N) is 2. The Bertz CT molecular complexity index is 358. The largest absolute Gasteiger partial charge is 0.379 e. The summed E-state index contributed by atoms with van der Waals surface area (Å²) in [5, 5.41) is 3.55. The second-order valence-corrected chi connectivity index (χ2v) is 4.80. The van der Waals surface area contributed by atoms with Crippen LogP contribution in [-0.2, 0) is 11.2 Å². The van der Waals surface area contributed by atoms with Crippen LogP contribution in [0.1, 0.15) is 39.3 Å². The second-order valence-electron chi connectivity index (χ2n) is 4.46. The first-order valence-corrected chi connectivity index (χ1v) is 6.88. The fourth-order valence-electron chi connectivity index (χ4n) is 1.55. The van der Waals surface area contributed by atoms with Gasteiger partial charge in [-0.1, -0.05) is 13.3 Å². The van der Waals surface area contributed by atoms with Crippen molar-refractivity contribution in [2.45, 2.75) is 46.1 Å². The molecule has 18 heavy (non-hydrogen) atoms. The van der Waals surface area contributed by atoms with Crippen LogP contribution in [0.25, 0.3) is 0 Å². The Morgan fingerprint density at radius 2 is 2.17 bits per heavy atom. The van der Waals surface area contributed by atoms with Crippen molar-refractivity contribution in [2.24, 2.45) is 0 Å². The van der Waals surface area contributed by atoms with Gasteiger partial charge in [0.05, 0.1) is 6.10 Å². The molecule has 0 saturated heterocycles. The monoisotopic (exact) mass is 271 g/mol. The van der Waals surface area contributed by atoms with Gasteiger partial charge >= 0.3 is 0 Å². The van der Waals surface area contributed by atoms with Gasteiger partial charge in [0, 0.05) is 24.9 Å². The van der Waals surface area contributed by atoms with Crippen LogP contribution < -0.4 is 5.32 Å². The van der Waals surface area contributed by atoms with Crippen LogP contribution in [0.5, 0.6) is 0 Å². The Morgan fingerprint density at radius 1 is 1.39 bits per heavy atom. The summed E-state index contributed by atoms with van der Waals surface area (Å²) in [4.78, 5) is 8.33. The van der Waals surface area contributed by atoms with Gasteiger partial charge in [0.25, 0.3) is 0 Å². The Morgan fingerprint density at radius 3 is 2.83 bits per heavy atom. The van der Waals surface area contributed by atoms with Gasteiger partial charge in [-0.15, -0.1) is 0 Å². The molecular formula is C13H22ClN3O. The van der Waals surface area contributed by atoms with Gasteiger partial charge in [-0.2, -0.15) is 0 Å². The van der Waals surface area contributed by atoms with E-state index in [0.717, 1.165) is 43.9 Å². The summed E-state index contributed by atoms with van der Waals surface area (Å²) in [6.45, 7) is 7.77. The van der Waals surface area contributed by atoms with E-state index in [1.807, 2.05) is 19.9 Å². The smallest absolute Gasteiger partial charge is 0.224 e. The molecule has 0 saturated carbocycles. The Hall–Kier alpha value is -0.870. The summed E-state index contributed by atoms with van der Waals surface area (Å²) in [5.74, 6) is 0.794. The Balaban J connectivity index is 2.37. The molecule has 0 fully saturated rings. The van der Waals surface area contributed by atoms with E-state index in [1.165, 1.54) is 0 Å². The van der Waals surface area contributed by atoms with Crippen molar-refractivity contribution >= 4 is 17.4 Å². The van der Waals surface area contributed by atoms with Crippen LogP contribution in [0.3, 0.4) is 0 Å². The molecule has 1 rings (SSSR count). The first-order chi connectivity index (χ1) is 8.61. The number of hydrogen-bond donors (Lipinski definition) is 1. The third kappa shape index (κ3) is 6.17. The van der Waals surface area contributed by atoms with Gasteiger partial charge in [0.15, 0.2) is 0 Å². The average Bonchev–Trinajstić information content (AvgIpc) is 2.28. The van der Waals surface area contributed by atoms with Gasteiger partial charge in [-0.25, -0.2) is 9.97 Å². The first kappa shape index (κ1) is 15.2. The van der Waals surface area contributed by atoms with Crippen LogP contribution >= 0.6 is 11.6 Å². The normalized spacial score (nSPS) is 10.9. The fourth-order valence-corrected chi connectivity index (χ4v) is 1.75. The number of nitrogens with one attached hydrogen (secondary N) is 1. The van der Waals surface area contributed by atoms with Gasteiger partial charge in [0.1, 0.15) is 5.82 Å². The molecule has 0 spiro atoms. The molecule has 0 aliphatic carbocycles. The lowest BCUT2D eigenvalue weighted by Crippen LogP contribution is -2.10. The van der Waals surface area contributed by atoms with Crippen LogP contribution in [-0.4, -0.2) is 29.2 Å². The zero-order valence-corrected chi connectivity index (χ0v) is 12.1. The second kappa shape index (κ2) is 8.27. The van der Waals surface area contributed by atoms with E-state index >= 15 is 0 Å². The van der Waals surface area contributed by atoms with Crippen LogP contribution in [0.15, 0.2) is 6.07 Å². The van der Waals surface area contributed by atoms with Crippen molar-refractivity contribution in [1.29, 1.82) is 0 Å². The van der Waals surface area contributed by atoms with E-state index in [0.29, 0.717) is 5.28 Å². The molecule has 1 aromatic rings. The van der Waals surface area contributed by atoms with Crippen molar-refractivity contribution in [3.63, 3.8) is 0 Å². The number of rotatable bonds is 8. The van der Waals surface area contributed by atoms with Gasteiger partial charge in [0.2, 0.25) is 5.28 Å². The maximum atomic E-state index is 5.88. The summed E-state index contributed by atoms with van der Waals surface area (Å²) >= 11 is 5.88. The highest BCUT2D eigenvalue weighted by molar-refractivity contribution is 6.28. The van der Waals surface area contributed by atoms with E-state index in [9.17, 15) is 0 Å². The molecule has 0 aromatic carbocycles. The highest BCUT2D eigenvalue weighted by Crippen LogP contribution is 2.11. The molecule has 0 bridgehead atoms. The number of anilines is 1. The van der Waals surface area contributed by atoms with E-state index < -0.39 is 0 Å². The van der Waals surface area contributed by atoms with E-state index in [4.69, 9.17) is 16.3 Å². The Labute approximate surface area is 114 Å². The standard InChI is InChI=1S/C13H22ClN3O/c1-4-6-11-9-12(17-13(14)16-11)15-7-5-8-18-10(2)3/h9-10H,4-8H2,1-3H3,(H,15,16,17). The predicted molar refractivity (Wildman–Crippen MR) is 75.2 cm³/mol. The molecule has 0 atom stereocenters. The molecule has 4 nitrogen and oxygen atoms in total. The highest BCUT2D eigenvalue weighted by atomic mass is 35.5. The summed E-state index contributed by atoms with van der Waals surface area (Å²) in [6, 6.07) is 1.96. The van der Waals surface area contributed by atoms with E-state index in [-0.39, 0.29) is 6.10 Å². The molecule has 0 unspecified atom stereocenters. The lowest BCUT2D eigenvalue weighted by Gasteiger charge is -2.09. The summed E-state index contributed by atoms with van der Waals surface area (Å²) < 4.78 is 5.47. The maximum Gasteiger partial charge on any atom is 0.224 e. The highest BCUT2D eigenvalue weighted by Gasteiger charge is 2.02. The van der Waals surface area contributed by atoms with Crippen molar-refractivity contribution in [1.82, 2.24) is 9.97 Å². The first-order valence-electron chi connectivity index (χ1n) is 6.50. The third-order valence-corrected chi connectivity index (χ3v) is 2.51. The summed E-state index contributed by atoms with van der Waals surface area (Å²) in [7, 11) is 0. The molecule has 1 aromatic heterocycles. The molecule has 102 valence electrons. The van der Waals surface area contributed by atoms with Crippen LogP contribution in [0, 0.1) is 0 Å². The molecule has 0 radical (unpaired) electrons. The number of halogens is 1. The molecule has 0 aliphatic heterocycles. The Kier molecular flexibility index (Phi) is 6.98. The van der Waals surface area contributed by atoms with Gasteiger partial charge < -0.3 is 10.1 Å². The topological polar surface area (TPSA) is 47.0 Å². The number of ether oxygens (including phenoxy) is 1. The lowest BCUT2D eigenvalue weighted by atomic mass is 10.2. The molecular weight excluding hydrogens is 250 g/mol. The zero-order chi connectivity index (χ0) is 13.4. The minimum Gasteiger partial charge on any atom is -0.379 e. The van der Waals surface area contributed by atoms with Crippen LogP contribution in [0.2, 0.25) is 5.28 Å². The minimum atomic E-state index is 0.287. The van der Waals surface area contributed by atoms with Crippen LogP contribution in [0.4, 0.5) is 5.82 Å². The van der Waals surface area contributed by atoms with Gasteiger partial charge in [-0.3, -0.25) is 0 Å². The SMILES string of the molecule is CCCc1cc(NCCCOC(C)C)nc(Cl)n1. The predicted octanol–water partition coefficient (Wildman–Crippen LogP) is 3.31. The van der Waals surface area contributed by atoms with E-state index in [1.54, 1.807) is 0 Å². The molecule has 1 N–H and O–H groups in total. The van der Waals surface area contributed by atoms with Crippen molar-refractivity contribution in [3.05, 3.63) is 17.0 Å². The summed E-state index contributed by atoms with van der Waals surface area (Å²) in [6.07, 6.45) is 3.21. The van der Waals surface area contributed by atoms with Crippen molar-refractivity contribution in [3.8, 4) is 0 Å². The number of aromatic nitrogens is 2. The maximum absolute atomic E-state index is 5.88. The van der Waals surface area contributed by atoms with Crippen molar-refractivity contribution < 1.29 is 4.74 Å². The molecule has 0 amide bonds. The molecule has 1 heterocycles. The minimum absolute atomic E-state index is 0.287. The average molecular weight is 272 g/mol. The zero-order valence-electron chi connectivity index (χ0n) is 11.4. The van der Waals surface area contributed by atoms with E-state index in [2.05, 4.69) is 22.2 Å². The lowest BCUT2D eigenvalue weighted by molar-refractivity contribution is 0.0787. The quantitative estimate of drug-likeness (QED) is 0.582. The number of hydrogen-bond acceptors (Lipinski definition) is 4. The molecule has 0 aliphatic rings. The van der Waals surface area contributed by atoms with Crippen molar-refractivity contribution in [2.75, 3.05) is 18.5 Å².